The van der Waals surface area contributed by atoms with Gasteiger partial charge in [-0.2, -0.15) is 0 Å². The van der Waals surface area contributed by atoms with E-state index in [4.69, 9.17) is 4.74 Å². The maximum absolute atomic E-state index is 5.50. The number of benzene rings is 3. The first-order valence-corrected chi connectivity index (χ1v) is 8.72. The summed E-state index contributed by atoms with van der Waals surface area (Å²) in [5.74, 6) is 0.942. The van der Waals surface area contributed by atoms with Gasteiger partial charge >= 0.3 is 0 Å². The van der Waals surface area contributed by atoms with E-state index in [0.717, 1.165) is 12.3 Å². The van der Waals surface area contributed by atoms with Gasteiger partial charge in [0.05, 0.1) is 7.11 Å². The molecule has 2 nitrogen and oxygen atoms in total. The van der Waals surface area contributed by atoms with Gasteiger partial charge in [-0.25, -0.2) is 0 Å². The lowest BCUT2D eigenvalue weighted by Crippen LogP contribution is -2.24. The van der Waals surface area contributed by atoms with Gasteiger partial charge in [0.1, 0.15) is 5.75 Å². The average Bonchev–Trinajstić information content (AvgIpc) is 2.66. The monoisotopic (exact) mass is 317 g/mol. The smallest absolute Gasteiger partial charge is 0.126 e. The molecule has 0 amide bonds. The molecule has 0 fully saturated rings. The number of nitrogens with one attached hydrogen (secondary N) is 1. The second-order valence-electron chi connectivity index (χ2n) is 6.50. The highest BCUT2D eigenvalue weighted by Crippen LogP contribution is 2.31. The lowest BCUT2D eigenvalue weighted by Gasteiger charge is -2.26. The Hall–Kier alpha value is -2.32. The van der Waals surface area contributed by atoms with Gasteiger partial charge in [0.2, 0.25) is 0 Å². The van der Waals surface area contributed by atoms with Crippen molar-refractivity contribution in [1.82, 2.24) is 5.32 Å². The Morgan fingerprint density at radius 2 is 1.75 bits per heavy atom. The standard InChI is InChI=1S/C22H23NO/c1-24-22-14-13-17(18-9-4-5-11-20(18)22)15-23-21-12-6-8-16-7-2-3-10-19(16)21/h2-5,7,9-11,13-14,21,23H,6,8,12,15H2,1H3/t21-/m1/s1. The molecule has 0 heterocycles. The fraction of sp³-hybridized carbons (Fsp3) is 0.273. The van der Waals surface area contributed by atoms with Crippen LogP contribution in [0.1, 0.15) is 35.6 Å². The van der Waals surface area contributed by atoms with E-state index in [1.807, 2.05) is 0 Å². The third-order valence-corrected chi connectivity index (χ3v) is 5.10. The van der Waals surface area contributed by atoms with Crippen molar-refractivity contribution in [3.8, 4) is 5.75 Å². The predicted octanol–water partition coefficient (Wildman–Crippen LogP) is 5.02. The van der Waals surface area contributed by atoms with Crippen LogP contribution in [-0.4, -0.2) is 7.11 Å². The second-order valence-corrected chi connectivity index (χ2v) is 6.50. The van der Waals surface area contributed by atoms with Gasteiger partial charge in [-0.3, -0.25) is 0 Å². The van der Waals surface area contributed by atoms with Gasteiger partial charge in [-0.15, -0.1) is 0 Å². The SMILES string of the molecule is COc1ccc(CN[C@@H]2CCCc3ccccc32)c2ccccc12. The largest absolute Gasteiger partial charge is 0.496 e. The topological polar surface area (TPSA) is 21.3 Å². The highest BCUT2D eigenvalue weighted by Gasteiger charge is 2.19. The molecule has 0 bridgehead atoms. The molecule has 0 radical (unpaired) electrons. The van der Waals surface area contributed by atoms with Crippen molar-refractivity contribution in [2.75, 3.05) is 7.11 Å². The highest BCUT2D eigenvalue weighted by atomic mass is 16.5. The Balaban J connectivity index is 1.60. The molecular formula is C22H23NO. The second kappa shape index (κ2) is 6.66. The van der Waals surface area contributed by atoms with Gasteiger partial charge in [0, 0.05) is 18.0 Å². The van der Waals surface area contributed by atoms with Crippen molar-refractivity contribution >= 4 is 10.8 Å². The molecule has 0 saturated carbocycles. The van der Waals surface area contributed by atoms with Crippen LogP contribution in [0.15, 0.2) is 60.7 Å². The Morgan fingerprint density at radius 1 is 0.958 bits per heavy atom. The number of ether oxygens (including phenoxy) is 1. The summed E-state index contributed by atoms with van der Waals surface area (Å²) in [6, 6.07) is 22.1. The van der Waals surface area contributed by atoms with Crippen LogP contribution >= 0.6 is 0 Å². The molecule has 1 atom stereocenters. The Bertz CT molecular complexity index is 855. The summed E-state index contributed by atoms with van der Waals surface area (Å²) in [7, 11) is 1.73. The van der Waals surface area contributed by atoms with Crippen molar-refractivity contribution in [2.45, 2.75) is 31.8 Å². The molecule has 0 unspecified atom stereocenters. The van der Waals surface area contributed by atoms with Crippen LogP contribution in [0.4, 0.5) is 0 Å². The molecule has 1 N–H and O–H groups in total. The number of methoxy groups -OCH3 is 1. The Kier molecular flexibility index (Phi) is 4.22. The molecule has 1 aliphatic rings. The number of rotatable bonds is 4. The minimum Gasteiger partial charge on any atom is -0.496 e. The summed E-state index contributed by atoms with van der Waals surface area (Å²) < 4.78 is 5.50. The fourth-order valence-corrected chi connectivity index (χ4v) is 3.87. The Labute approximate surface area is 143 Å². The fourth-order valence-electron chi connectivity index (χ4n) is 3.87. The molecular weight excluding hydrogens is 294 g/mol. The van der Waals surface area contributed by atoms with Crippen LogP contribution in [0.2, 0.25) is 0 Å². The first-order chi connectivity index (χ1) is 11.9. The van der Waals surface area contributed by atoms with Crippen molar-refractivity contribution in [3.05, 3.63) is 77.4 Å². The van der Waals surface area contributed by atoms with Crippen LogP contribution in [0, 0.1) is 0 Å². The lowest BCUT2D eigenvalue weighted by atomic mass is 9.87. The number of hydrogen-bond donors (Lipinski definition) is 1. The molecule has 3 aromatic carbocycles. The summed E-state index contributed by atoms with van der Waals surface area (Å²) in [4.78, 5) is 0. The van der Waals surface area contributed by atoms with Gasteiger partial charge in [0.25, 0.3) is 0 Å². The molecule has 4 rings (SSSR count). The van der Waals surface area contributed by atoms with Crippen LogP contribution in [-0.2, 0) is 13.0 Å². The highest BCUT2D eigenvalue weighted by molar-refractivity contribution is 5.91. The molecule has 0 saturated heterocycles. The molecule has 0 aliphatic heterocycles. The van der Waals surface area contributed by atoms with E-state index in [9.17, 15) is 0 Å². The van der Waals surface area contributed by atoms with E-state index in [1.54, 1.807) is 7.11 Å². The van der Waals surface area contributed by atoms with Crippen LogP contribution in [0.3, 0.4) is 0 Å². The summed E-state index contributed by atoms with van der Waals surface area (Å²) >= 11 is 0. The van der Waals surface area contributed by atoms with E-state index >= 15 is 0 Å². The molecule has 1 aliphatic carbocycles. The van der Waals surface area contributed by atoms with Crippen molar-refractivity contribution < 1.29 is 4.74 Å². The molecule has 0 spiro atoms. The summed E-state index contributed by atoms with van der Waals surface area (Å²) in [6.07, 6.45) is 3.68. The maximum Gasteiger partial charge on any atom is 0.126 e. The predicted molar refractivity (Wildman–Crippen MR) is 99.5 cm³/mol. The van der Waals surface area contributed by atoms with Crippen molar-refractivity contribution in [3.63, 3.8) is 0 Å². The summed E-state index contributed by atoms with van der Waals surface area (Å²) in [5, 5.41) is 6.24. The molecule has 3 aromatic rings. The Morgan fingerprint density at radius 3 is 2.62 bits per heavy atom. The molecule has 0 aromatic heterocycles. The zero-order valence-corrected chi connectivity index (χ0v) is 14.1. The molecule has 2 heteroatoms. The number of aryl methyl sites for hydroxylation is 1. The molecule has 24 heavy (non-hydrogen) atoms. The minimum atomic E-state index is 0.454. The first-order valence-electron chi connectivity index (χ1n) is 8.72. The van der Waals surface area contributed by atoms with E-state index in [0.29, 0.717) is 6.04 Å². The number of fused-ring (bicyclic) bond motifs is 2. The summed E-state index contributed by atoms with van der Waals surface area (Å²) in [5.41, 5.74) is 4.30. The minimum absolute atomic E-state index is 0.454. The lowest BCUT2D eigenvalue weighted by molar-refractivity contribution is 0.419. The van der Waals surface area contributed by atoms with E-state index in [-0.39, 0.29) is 0 Å². The van der Waals surface area contributed by atoms with Gasteiger partial charge in [0.15, 0.2) is 0 Å². The summed E-state index contributed by atoms with van der Waals surface area (Å²) in [6.45, 7) is 0.878. The van der Waals surface area contributed by atoms with Crippen molar-refractivity contribution in [1.29, 1.82) is 0 Å². The molecule has 122 valence electrons. The van der Waals surface area contributed by atoms with Gasteiger partial charge < -0.3 is 10.1 Å². The third-order valence-electron chi connectivity index (χ3n) is 5.10. The average molecular weight is 317 g/mol. The quantitative estimate of drug-likeness (QED) is 0.730. The van der Waals surface area contributed by atoms with Crippen LogP contribution in [0.5, 0.6) is 5.75 Å². The van der Waals surface area contributed by atoms with Crippen LogP contribution < -0.4 is 10.1 Å². The van der Waals surface area contributed by atoms with Gasteiger partial charge in [-0.05, 0) is 47.4 Å². The van der Waals surface area contributed by atoms with E-state index in [1.165, 1.54) is 46.7 Å². The number of hydrogen-bond acceptors (Lipinski definition) is 2. The van der Waals surface area contributed by atoms with Crippen molar-refractivity contribution in [2.24, 2.45) is 0 Å². The first kappa shape index (κ1) is 15.2. The van der Waals surface area contributed by atoms with E-state index in [2.05, 4.69) is 66.0 Å². The normalized spacial score (nSPS) is 16.8. The zero-order chi connectivity index (χ0) is 16.4. The maximum atomic E-state index is 5.50. The van der Waals surface area contributed by atoms with E-state index < -0.39 is 0 Å². The zero-order valence-electron chi connectivity index (χ0n) is 14.1. The van der Waals surface area contributed by atoms with Gasteiger partial charge in [-0.1, -0.05) is 54.6 Å². The third kappa shape index (κ3) is 2.78. The van der Waals surface area contributed by atoms with Crippen LogP contribution in [0.25, 0.3) is 10.8 Å².